The van der Waals surface area contributed by atoms with E-state index in [9.17, 15) is 13.2 Å². The Hall–Kier alpha value is -1.40. The van der Waals surface area contributed by atoms with Crippen LogP contribution in [0.25, 0.3) is 0 Å². The Morgan fingerprint density at radius 3 is 2.35 bits per heavy atom. The lowest BCUT2D eigenvalue weighted by atomic mass is 10.1. The van der Waals surface area contributed by atoms with Crippen molar-refractivity contribution in [3.8, 4) is 0 Å². The van der Waals surface area contributed by atoms with E-state index in [0.29, 0.717) is 5.56 Å². The van der Waals surface area contributed by atoms with Gasteiger partial charge in [0.25, 0.3) is 5.91 Å². The molecule has 0 spiro atoms. The van der Waals surface area contributed by atoms with E-state index in [0.717, 1.165) is 31.2 Å². The van der Waals surface area contributed by atoms with Crippen LogP contribution in [-0.2, 0) is 10.0 Å². The molecular weight excluding hydrogens is 312 g/mol. The summed E-state index contributed by atoms with van der Waals surface area (Å²) >= 11 is 0. The summed E-state index contributed by atoms with van der Waals surface area (Å²) in [5.41, 5.74) is 0.625. The predicted molar refractivity (Wildman–Crippen MR) is 91.0 cm³/mol. The maximum Gasteiger partial charge on any atom is 0.251 e. The number of rotatable bonds is 4. The summed E-state index contributed by atoms with van der Waals surface area (Å²) in [6.07, 6.45) is 4.25. The van der Waals surface area contributed by atoms with E-state index in [-0.39, 0.29) is 16.8 Å². The number of nitrogens with one attached hydrogen (secondary N) is 2. The Bertz CT molecular complexity index is 684. The quantitative estimate of drug-likeness (QED) is 0.886. The minimum atomic E-state index is -3.65. The van der Waals surface area contributed by atoms with Crippen LogP contribution in [0.5, 0.6) is 0 Å². The van der Waals surface area contributed by atoms with Gasteiger partial charge in [0, 0.05) is 17.1 Å². The van der Waals surface area contributed by atoms with Gasteiger partial charge in [-0.2, -0.15) is 0 Å². The van der Waals surface area contributed by atoms with Gasteiger partial charge in [-0.1, -0.05) is 18.9 Å². The second-order valence-electron chi connectivity index (χ2n) is 7.29. The first-order valence-electron chi connectivity index (χ1n) is 8.04. The number of hydrogen-bond donors (Lipinski definition) is 2. The minimum absolute atomic E-state index is 0.120. The number of aryl methyl sites for hydroxylation is 1. The van der Waals surface area contributed by atoms with E-state index in [4.69, 9.17) is 0 Å². The molecule has 0 atom stereocenters. The molecule has 1 saturated carbocycles. The molecule has 128 valence electrons. The van der Waals surface area contributed by atoms with Gasteiger partial charge in [0.05, 0.1) is 4.90 Å². The molecule has 0 radical (unpaired) electrons. The molecule has 2 N–H and O–H groups in total. The third-order valence-electron chi connectivity index (χ3n) is 3.89. The lowest BCUT2D eigenvalue weighted by Crippen LogP contribution is -2.40. The van der Waals surface area contributed by atoms with E-state index in [1.807, 2.05) is 6.92 Å². The second-order valence-corrected chi connectivity index (χ2v) is 8.97. The standard InChI is InChI=1S/C17H26N2O3S/c1-12-9-10-14(23(21,22)19-17(2,3)4)11-15(12)16(20)18-13-7-5-6-8-13/h9-11,13,19H,5-8H2,1-4H3,(H,18,20). The third kappa shape index (κ3) is 4.78. The van der Waals surface area contributed by atoms with Crippen LogP contribution < -0.4 is 10.0 Å². The molecule has 2 rings (SSSR count). The third-order valence-corrected chi connectivity index (χ3v) is 5.65. The van der Waals surface area contributed by atoms with Gasteiger partial charge in [0.15, 0.2) is 0 Å². The highest BCUT2D eigenvalue weighted by molar-refractivity contribution is 7.89. The molecule has 0 heterocycles. The van der Waals surface area contributed by atoms with Gasteiger partial charge < -0.3 is 5.32 Å². The maximum absolute atomic E-state index is 12.5. The molecule has 1 aliphatic carbocycles. The first-order valence-corrected chi connectivity index (χ1v) is 9.52. The molecule has 1 aliphatic rings. The minimum Gasteiger partial charge on any atom is -0.349 e. The molecule has 6 heteroatoms. The highest BCUT2D eigenvalue weighted by Gasteiger charge is 2.24. The molecule has 1 fully saturated rings. The zero-order valence-electron chi connectivity index (χ0n) is 14.3. The number of hydrogen-bond acceptors (Lipinski definition) is 3. The van der Waals surface area contributed by atoms with Gasteiger partial charge in [0.2, 0.25) is 10.0 Å². The van der Waals surface area contributed by atoms with Crippen molar-refractivity contribution in [3.63, 3.8) is 0 Å². The Balaban J connectivity index is 2.26. The molecule has 0 aliphatic heterocycles. The van der Waals surface area contributed by atoms with Gasteiger partial charge >= 0.3 is 0 Å². The van der Waals surface area contributed by atoms with Crippen LogP contribution in [0, 0.1) is 6.92 Å². The van der Waals surface area contributed by atoms with Crippen LogP contribution in [0.2, 0.25) is 0 Å². The molecule has 0 unspecified atom stereocenters. The van der Waals surface area contributed by atoms with Gasteiger partial charge in [0.1, 0.15) is 0 Å². The van der Waals surface area contributed by atoms with E-state index in [1.54, 1.807) is 26.8 Å². The zero-order valence-corrected chi connectivity index (χ0v) is 15.1. The Morgan fingerprint density at radius 1 is 1.17 bits per heavy atom. The van der Waals surface area contributed by atoms with Gasteiger partial charge in [-0.3, -0.25) is 4.79 Å². The summed E-state index contributed by atoms with van der Waals surface area (Å²) < 4.78 is 27.5. The first kappa shape index (κ1) is 17.9. The Kier molecular flexibility index (Phi) is 5.16. The highest BCUT2D eigenvalue weighted by Crippen LogP contribution is 2.21. The summed E-state index contributed by atoms with van der Waals surface area (Å²) in [5, 5.41) is 3.01. The summed E-state index contributed by atoms with van der Waals surface area (Å²) in [4.78, 5) is 12.6. The summed E-state index contributed by atoms with van der Waals surface area (Å²) in [6, 6.07) is 4.89. The predicted octanol–water partition coefficient (Wildman–Crippen LogP) is 2.74. The average molecular weight is 338 g/mol. The SMILES string of the molecule is Cc1ccc(S(=O)(=O)NC(C)(C)C)cc1C(=O)NC1CCCC1. The monoisotopic (exact) mass is 338 g/mol. The smallest absolute Gasteiger partial charge is 0.251 e. The molecule has 23 heavy (non-hydrogen) atoms. The van der Waals surface area contributed by atoms with Crippen LogP contribution in [0.3, 0.4) is 0 Å². The van der Waals surface area contributed by atoms with Crippen molar-refractivity contribution in [2.75, 3.05) is 0 Å². The molecular formula is C17H26N2O3S. The van der Waals surface area contributed by atoms with Crippen molar-refractivity contribution in [1.29, 1.82) is 0 Å². The van der Waals surface area contributed by atoms with Crippen LogP contribution in [0.4, 0.5) is 0 Å². The molecule has 1 aromatic carbocycles. The van der Waals surface area contributed by atoms with E-state index in [2.05, 4.69) is 10.0 Å². The summed E-state index contributed by atoms with van der Waals surface area (Å²) in [7, 11) is -3.65. The molecule has 1 aromatic rings. The van der Waals surface area contributed by atoms with E-state index < -0.39 is 15.6 Å². The van der Waals surface area contributed by atoms with Crippen LogP contribution >= 0.6 is 0 Å². The van der Waals surface area contributed by atoms with Crippen molar-refractivity contribution in [3.05, 3.63) is 29.3 Å². The largest absolute Gasteiger partial charge is 0.349 e. The fraction of sp³-hybridized carbons (Fsp3) is 0.588. The van der Waals surface area contributed by atoms with Gasteiger partial charge in [-0.25, -0.2) is 13.1 Å². The van der Waals surface area contributed by atoms with Crippen molar-refractivity contribution >= 4 is 15.9 Å². The molecule has 0 bridgehead atoms. The molecule has 1 amide bonds. The number of sulfonamides is 1. The maximum atomic E-state index is 12.5. The number of carbonyl (C=O) groups is 1. The van der Waals surface area contributed by atoms with Crippen molar-refractivity contribution < 1.29 is 13.2 Å². The van der Waals surface area contributed by atoms with Crippen molar-refractivity contribution in [2.45, 2.75) is 69.9 Å². The highest BCUT2D eigenvalue weighted by atomic mass is 32.2. The van der Waals surface area contributed by atoms with Crippen molar-refractivity contribution in [2.24, 2.45) is 0 Å². The fourth-order valence-electron chi connectivity index (χ4n) is 2.81. The lowest BCUT2D eigenvalue weighted by Gasteiger charge is -2.21. The molecule has 5 nitrogen and oxygen atoms in total. The van der Waals surface area contributed by atoms with Crippen molar-refractivity contribution in [1.82, 2.24) is 10.0 Å². The fourth-order valence-corrected chi connectivity index (χ4v) is 4.25. The number of benzene rings is 1. The normalized spacial score (nSPS) is 16.5. The summed E-state index contributed by atoms with van der Waals surface area (Å²) in [6.45, 7) is 7.17. The Labute approximate surface area is 138 Å². The van der Waals surface area contributed by atoms with E-state index in [1.165, 1.54) is 12.1 Å². The van der Waals surface area contributed by atoms with Gasteiger partial charge in [-0.15, -0.1) is 0 Å². The van der Waals surface area contributed by atoms with Crippen LogP contribution in [-0.4, -0.2) is 25.9 Å². The Morgan fingerprint density at radius 2 is 1.78 bits per heavy atom. The summed E-state index contributed by atoms with van der Waals surface area (Å²) in [5.74, 6) is -0.192. The zero-order chi connectivity index (χ0) is 17.3. The average Bonchev–Trinajstić information content (AvgIpc) is 2.88. The van der Waals surface area contributed by atoms with E-state index >= 15 is 0 Å². The molecule has 0 aromatic heterocycles. The number of carbonyl (C=O) groups excluding carboxylic acids is 1. The van der Waals surface area contributed by atoms with Crippen LogP contribution in [0.1, 0.15) is 62.4 Å². The van der Waals surface area contributed by atoms with Gasteiger partial charge in [-0.05, 0) is 58.2 Å². The van der Waals surface area contributed by atoms with Crippen LogP contribution in [0.15, 0.2) is 23.1 Å². The first-order chi connectivity index (χ1) is 10.6. The second kappa shape index (κ2) is 6.61. The number of amides is 1. The lowest BCUT2D eigenvalue weighted by molar-refractivity contribution is 0.0937. The molecule has 0 saturated heterocycles. The topological polar surface area (TPSA) is 75.3 Å².